The second-order valence-corrected chi connectivity index (χ2v) is 6.64. The average molecular weight is 317 g/mol. The highest BCUT2D eigenvalue weighted by Gasteiger charge is 2.37. The van der Waals surface area contributed by atoms with Gasteiger partial charge in [-0.25, -0.2) is 0 Å². The summed E-state index contributed by atoms with van der Waals surface area (Å²) in [6.45, 7) is 1.11. The van der Waals surface area contributed by atoms with Crippen molar-refractivity contribution < 1.29 is 13.2 Å². The van der Waals surface area contributed by atoms with Gasteiger partial charge < -0.3 is 0 Å². The topological polar surface area (TPSA) is 3.24 Å². The van der Waals surface area contributed by atoms with Gasteiger partial charge in [-0.3, -0.25) is 4.90 Å². The number of nitrogens with zero attached hydrogens (tertiary/aromatic N) is 1. The summed E-state index contributed by atoms with van der Waals surface area (Å²) in [6, 6.07) is 12.3. The molecule has 2 unspecified atom stereocenters. The van der Waals surface area contributed by atoms with Crippen LogP contribution in [0.5, 0.6) is 0 Å². The van der Waals surface area contributed by atoms with E-state index in [1.165, 1.54) is 24.0 Å². The van der Waals surface area contributed by atoms with E-state index < -0.39 is 11.7 Å². The number of halogens is 3. The third-order valence-electron chi connectivity index (χ3n) is 5.30. The van der Waals surface area contributed by atoms with Gasteiger partial charge in [0.05, 0.1) is 5.56 Å². The van der Waals surface area contributed by atoms with Crippen molar-refractivity contribution in [2.75, 3.05) is 13.6 Å². The number of hydrogen-bond acceptors (Lipinski definition) is 1. The molecular weight excluding hydrogens is 299 g/mol. The van der Waals surface area contributed by atoms with Gasteiger partial charge in [-0.05, 0) is 72.8 Å². The quantitative estimate of drug-likeness (QED) is 0.695. The molecule has 1 aliphatic carbocycles. The number of likely N-dealkylation sites (tertiary alicyclic amines) is 1. The van der Waals surface area contributed by atoms with E-state index in [1.54, 1.807) is 12.1 Å². The highest BCUT2D eigenvalue weighted by atomic mass is 19.4. The van der Waals surface area contributed by atoms with Crippen LogP contribution in [0.2, 0.25) is 0 Å². The lowest BCUT2D eigenvalue weighted by Crippen LogP contribution is -2.28. The van der Waals surface area contributed by atoms with Gasteiger partial charge in [-0.1, -0.05) is 24.3 Å². The Morgan fingerprint density at radius 1 is 0.957 bits per heavy atom. The fourth-order valence-corrected chi connectivity index (χ4v) is 4.00. The van der Waals surface area contributed by atoms with Crippen molar-refractivity contribution >= 4 is 0 Å². The van der Waals surface area contributed by atoms with Crippen LogP contribution < -0.4 is 0 Å². The van der Waals surface area contributed by atoms with Crippen LogP contribution in [0.1, 0.15) is 41.5 Å². The molecule has 0 radical (unpaired) electrons. The number of benzene rings is 2. The van der Waals surface area contributed by atoms with Crippen molar-refractivity contribution in [1.29, 1.82) is 0 Å². The van der Waals surface area contributed by atoms with E-state index in [1.807, 2.05) is 6.07 Å². The Morgan fingerprint density at radius 3 is 2.35 bits per heavy atom. The van der Waals surface area contributed by atoms with Crippen LogP contribution in [0, 0.1) is 0 Å². The van der Waals surface area contributed by atoms with Crippen molar-refractivity contribution in [2.24, 2.45) is 0 Å². The molecule has 2 aliphatic rings. The van der Waals surface area contributed by atoms with Crippen LogP contribution in [0.15, 0.2) is 42.5 Å². The molecule has 23 heavy (non-hydrogen) atoms. The summed E-state index contributed by atoms with van der Waals surface area (Å²) < 4.78 is 38.1. The SMILES string of the molecule is CN1CCC2CC1c1cc(-c3ccc(C(F)(F)F)cc3)ccc12. The summed E-state index contributed by atoms with van der Waals surface area (Å²) in [5, 5.41) is 0. The Balaban J connectivity index is 1.70. The minimum absolute atomic E-state index is 0.457. The maximum Gasteiger partial charge on any atom is 0.416 e. The molecule has 120 valence electrons. The maximum absolute atomic E-state index is 12.7. The number of piperidine rings is 1. The Hall–Kier alpha value is -1.81. The van der Waals surface area contributed by atoms with Gasteiger partial charge in [-0.2, -0.15) is 13.2 Å². The Labute approximate surface area is 133 Å². The van der Waals surface area contributed by atoms with Gasteiger partial charge in [0, 0.05) is 6.04 Å². The molecule has 1 saturated heterocycles. The van der Waals surface area contributed by atoms with Gasteiger partial charge >= 0.3 is 6.18 Å². The lowest BCUT2D eigenvalue weighted by Gasteiger charge is -2.29. The van der Waals surface area contributed by atoms with Gasteiger partial charge in [0.2, 0.25) is 0 Å². The standard InChI is InChI=1S/C19H18F3N/c1-23-9-8-14-11-18(23)17-10-13(4-7-16(14)17)12-2-5-15(6-3-12)19(20,21)22/h2-7,10,14,18H,8-9,11H2,1H3. The third-order valence-corrected chi connectivity index (χ3v) is 5.30. The van der Waals surface area contributed by atoms with Gasteiger partial charge in [0.1, 0.15) is 0 Å². The van der Waals surface area contributed by atoms with Crippen LogP contribution >= 0.6 is 0 Å². The van der Waals surface area contributed by atoms with Gasteiger partial charge in [0.25, 0.3) is 0 Å². The fourth-order valence-electron chi connectivity index (χ4n) is 4.00. The number of fused-ring (bicyclic) bond motifs is 5. The fraction of sp³-hybridized carbons (Fsp3) is 0.368. The summed E-state index contributed by atoms with van der Waals surface area (Å²) in [5.74, 6) is 0.646. The average Bonchev–Trinajstić information content (AvgIpc) is 2.84. The molecule has 2 aromatic rings. The van der Waals surface area contributed by atoms with Crippen LogP contribution in [-0.4, -0.2) is 18.5 Å². The summed E-state index contributed by atoms with van der Waals surface area (Å²) in [7, 11) is 2.15. The van der Waals surface area contributed by atoms with E-state index in [-0.39, 0.29) is 0 Å². The molecule has 0 spiro atoms. The predicted molar refractivity (Wildman–Crippen MR) is 84.2 cm³/mol. The molecule has 0 N–H and O–H groups in total. The number of alkyl halides is 3. The van der Waals surface area contributed by atoms with Crippen LogP contribution in [-0.2, 0) is 6.18 Å². The molecule has 1 fully saturated rings. The van der Waals surface area contributed by atoms with Gasteiger partial charge in [0.15, 0.2) is 0 Å². The molecule has 2 atom stereocenters. The summed E-state index contributed by atoms with van der Waals surface area (Å²) in [6.07, 6.45) is -1.92. The summed E-state index contributed by atoms with van der Waals surface area (Å²) in [5.41, 5.74) is 4.02. The zero-order valence-electron chi connectivity index (χ0n) is 12.9. The second kappa shape index (κ2) is 5.10. The van der Waals surface area contributed by atoms with E-state index >= 15 is 0 Å². The van der Waals surface area contributed by atoms with Crippen molar-refractivity contribution in [3.63, 3.8) is 0 Å². The lowest BCUT2D eigenvalue weighted by molar-refractivity contribution is -0.137. The van der Waals surface area contributed by atoms with Crippen molar-refractivity contribution in [3.8, 4) is 11.1 Å². The first-order valence-corrected chi connectivity index (χ1v) is 7.95. The first kappa shape index (κ1) is 14.8. The molecule has 0 aromatic heterocycles. The lowest BCUT2D eigenvalue weighted by atomic mass is 9.95. The van der Waals surface area contributed by atoms with E-state index in [0.717, 1.165) is 29.8 Å². The van der Waals surface area contributed by atoms with Crippen molar-refractivity contribution in [1.82, 2.24) is 4.90 Å². The zero-order chi connectivity index (χ0) is 16.2. The van der Waals surface area contributed by atoms with Crippen LogP contribution in [0.3, 0.4) is 0 Å². The minimum atomic E-state index is -4.28. The highest BCUT2D eigenvalue weighted by molar-refractivity contribution is 5.66. The molecule has 1 nitrogen and oxygen atoms in total. The first-order valence-electron chi connectivity index (χ1n) is 7.95. The third kappa shape index (κ3) is 2.45. The van der Waals surface area contributed by atoms with Crippen molar-refractivity contribution in [3.05, 3.63) is 59.2 Å². The van der Waals surface area contributed by atoms with Crippen LogP contribution in [0.25, 0.3) is 11.1 Å². The van der Waals surface area contributed by atoms with E-state index in [2.05, 4.69) is 24.1 Å². The molecule has 1 heterocycles. The number of rotatable bonds is 1. The molecule has 0 amide bonds. The predicted octanol–water partition coefficient (Wildman–Crippen LogP) is 5.24. The van der Waals surface area contributed by atoms with E-state index in [4.69, 9.17) is 0 Å². The van der Waals surface area contributed by atoms with Crippen molar-refractivity contribution in [2.45, 2.75) is 31.0 Å². The zero-order valence-corrected chi connectivity index (χ0v) is 12.9. The Kier molecular flexibility index (Phi) is 3.27. The van der Waals surface area contributed by atoms with E-state index in [9.17, 15) is 13.2 Å². The smallest absolute Gasteiger partial charge is 0.299 e. The molecule has 4 heteroatoms. The Bertz CT molecular complexity index is 733. The summed E-state index contributed by atoms with van der Waals surface area (Å²) in [4.78, 5) is 2.39. The molecular formula is C19H18F3N. The normalized spacial score (nSPS) is 23.8. The Morgan fingerprint density at radius 2 is 1.65 bits per heavy atom. The monoisotopic (exact) mass is 317 g/mol. The van der Waals surface area contributed by atoms with E-state index in [0.29, 0.717) is 12.0 Å². The number of hydrogen-bond donors (Lipinski definition) is 0. The molecule has 0 saturated carbocycles. The van der Waals surface area contributed by atoms with Crippen LogP contribution in [0.4, 0.5) is 13.2 Å². The molecule has 2 bridgehead atoms. The largest absolute Gasteiger partial charge is 0.416 e. The summed E-state index contributed by atoms with van der Waals surface area (Å²) >= 11 is 0. The maximum atomic E-state index is 12.7. The highest BCUT2D eigenvalue weighted by Crippen LogP contribution is 2.49. The molecule has 4 rings (SSSR count). The second-order valence-electron chi connectivity index (χ2n) is 6.64. The van der Waals surface area contributed by atoms with Gasteiger partial charge in [-0.15, -0.1) is 0 Å². The molecule has 2 aromatic carbocycles. The minimum Gasteiger partial charge on any atom is -0.299 e. The molecule has 1 aliphatic heterocycles. The first-order chi connectivity index (χ1) is 10.9.